The fourth-order valence-electron chi connectivity index (χ4n) is 8.30. The number of aromatic nitrogens is 2. The first-order valence-corrected chi connectivity index (χ1v) is 29.4. The summed E-state index contributed by atoms with van der Waals surface area (Å²) in [6.45, 7) is 11.1. The van der Waals surface area contributed by atoms with E-state index >= 15 is 0 Å². The van der Waals surface area contributed by atoms with Gasteiger partial charge in [-0.15, -0.1) is 0 Å². The van der Waals surface area contributed by atoms with Gasteiger partial charge in [0.25, 0.3) is 0 Å². The molecule has 0 aliphatic carbocycles. The van der Waals surface area contributed by atoms with Crippen molar-refractivity contribution >= 4 is 88.7 Å². The van der Waals surface area contributed by atoms with Crippen LogP contribution in [0.1, 0.15) is 105 Å². The Morgan fingerprint density at radius 2 is 1.05 bits per heavy atom. The van der Waals surface area contributed by atoms with E-state index in [1.807, 2.05) is 6.26 Å². The molecular weight excluding hydrogens is 1140 g/mol. The van der Waals surface area contributed by atoms with Crippen molar-refractivity contribution < 1.29 is 67.7 Å². The summed E-state index contributed by atoms with van der Waals surface area (Å²) in [7, 11) is 0. The van der Waals surface area contributed by atoms with Crippen LogP contribution in [0.5, 0.6) is 5.75 Å². The molecule has 1 heterocycles. The summed E-state index contributed by atoms with van der Waals surface area (Å²) >= 11 is 1.47. The van der Waals surface area contributed by atoms with Crippen molar-refractivity contribution in [2.24, 2.45) is 51.4 Å². The SMILES string of the molecule is CC[C@H](C)[C@H](NC(=O)[C@H](CCCN=C(N)N)NC(=O)[C@H](Cc1cnc[nH]1)NC(=O)[C@H](C)NC(=O)[C@H](CC(N)=O)NC(=O)[C@H](CC(N)=O)NC(=O)[C@@H](NC(=O)[C@@H](NC(=O)[C@H](Cc1ccc(O)cc1)NC(=O)[C@@H](N)CCSC)C(C)C)[C@@H](C)CC)C(=O)O. The number of hydrogen-bond acceptors (Lipinski definition) is 17. The van der Waals surface area contributed by atoms with Crippen LogP contribution in [-0.2, 0) is 70.4 Å². The predicted octanol–water partition coefficient (Wildman–Crippen LogP) is -4.00. The number of aliphatic carboxylic acids is 1. The van der Waals surface area contributed by atoms with Crippen molar-refractivity contribution in [2.75, 3.05) is 18.6 Å². The maximum Gasteiger partial charge on any atom is 0.326 e. The van der Waals surface area contributed by atoms with E-state index < -0.39 is 162 Å². The van der Waals surface area contributed by atoms with Crippen LogP contribution in [-0.4, -0.2) is 176 Å². The normalized spacial score (nSPS) is 15.3. The summed E-state index contributed by atoms with van der Waals surface area (Å²) in [4.78, 5) is 172. The summed E-state index contributed by atoms with van der Waals surface area (Å²) in [5, 5.41) is 42.1. The lowest BCUT2D eigenvalue weighted by Crippen LogP contribution is -2.62. The monoisotopic (exact) mass is 1230 g/mol. The lowest BCUT2D eigenvalue weighted by atomic mass is 9.95. The van der Waals surface area contributed by atoms with Gasteiger partial charge in [0.2, 0.25) is 65.0 Å². The van der Waals surface area contributed by atoms with Gasteiger partial charge in [-0.1, -0.05) is 66.5 Å². The van der Waals surface area contributed by atoms with Gasteiger partial charge < -0.3 is 91.7 Å². The van der Waals surface area contributed by atoms with E-state index in [-0.39, 0.29) is 50.4 Å². The molecule has 0 spiro atoms. The van der Waals surface area contributed by atoms with E-state index in [1.165, 1.54) is 43.3 Å². The number of thioether (sulfide) groups is 1. The van der Waals surface area contributed by atoms with Crippen LogP contribution in [0.3, 0.4) is 0 Å². The van der Waals surface area contributed by atoms with Crippen LogP contribution in [0.15, 0.2) is 41.8 Å². The summed E-state index contributed by atoms with van der Waals surface area (Å²) in [6, 6.07) is -8.56. The molecule has 2 aromatic rings. The highest BCUT2D eigenvalue weighted by molar-refractivity contribution is 7.98. The van der Waals surface area contributed by atoms with Crippen molar-refractivity contribution in [2.45, 2.75) is 167 Å². The first-order valence-electron chi connectivity index (χ1n) is 28.0. The van der Waals surface area contributed by atoms with E-state index in [1.54, 1.807) is 53.7 Å². The molecule has 2 rings (SSSR count). The average molecular weight is 1230 g/mol. The van der Waals surface area contributed by atoms with Crippen LogP contribution in [0.2, 0.25) is 0 Å². The quantitative estimate of drug-likeness (QED) is 0.0172. The number of amides is 11. The Hall–Kier alpha value is -8.55. The van der Waals surface area contributed by atoms with Crippen LogP contribution >= 0.6 is 11.8 Å². The molecule has 31 nitrogen and oxygen atoms in total. The standard InChI is InChI=1S/C54H87N17O14S/c1-9-27(5)42(70-51(82)41(26(3)4)69-50(81)35(20-30-13-15-32(72)16-14-30)66-45(76)33(55)17-19-86-8)52(83)68-38(23-40(57)74)49(80)67-37(22-39(56)73)47(78)63-29(7)44(75)65-36(21-31-24-60-25-62-31)48(79)64-34(12-11-18-61-54(58)59)46(77)71-43(53(84)85)28(6)10-2/h13-16,24-29,33-38,41-43,72H,9-12,17-23,55H2,1-8H3,(H2,56,73)(H2,57,74)(H,60,62)(H,63,78)(H,64,79)(H,65,75)(H,66,76)(H,67,80)(H,68,83)(H,69,81)(H,70,82)(H,71,77)(H,84,85)(H4,58,59,61)/t27-,28-,29-,33-,34-,35-,36-,37-,38-,41-,42-,43-/m0/s1. The number of carboxylic acid groups (broad SMARTS) is 1. The summed E-state index contributed by atoms with van der Waals surface area (Å²) in [6.07, 6.45) is 3.41. The molecule has 12 atom stereocenters. The predicted molar refractivity (Wildman–Crippen MR) is 317 cm³/mol. The highest BCUT2D eigenvalue weighted by Gasteiger charge is 2.38. The third-order valence-electron chi connectivity index (χ3n) is 13.8. The van der Waals surface area contributed by atoms with Gasteiger partial charge in [-0.3, -0.25) is 57.7 Å². The molecule has 0 saturated heterocycles. The number of carbonyl (C=O) groups excluding carboxylic acids is 11. The minimum atomic E-state index is -1.87. The Kier molecular flexibility index (Phi) is 31.6. The lowest BCUT2D eigenvalue weighted by molar-refractivity contribution is -0.144. The number of aromatic amines is 1. The summed E-state index contributed by atoms with van der Waals surface area (Å²) in [5.41, 5.74) is 28.8. The van der Waals surface area contributed by atoms with E-state index in [4.69, 9.17) is 28.7 Å². The third kappa shape index (κ3) is 25.7. The van der Waals surface area contributed by atoms with Crippen LogP contribution < -0.4 is 76.5 Å². The minimum Gasteiger partial charge on any atom is -0.508 e. The number of phenolic OH excluding ortho intramolecular Hbond substituents is 1. The number of hydrogen-bond donors (Lipinski definition) is 17. The van der Waals surface area contributed by atoms with Gasteiger partial charge in [-0.25, -0.2) is 9.78 Å². The van der Waals surface area contributed by atoms with Gasteiger partial charge in [-0.05, 0) is 73.6 Å². The number of nitrogens with two attached hydrogens (primary N) is 5. The second-order valence-corrected chi connectivity index (χ2v) is 22.2. The molecule has 0 radical (unpaired) electrons. The number of guanidine groups is 1. The average Bonchev–Trinajstić information content (AvgIpc) is 2.89. The molecule has 11 amide bonds. The molecule has 1 aromatic heterocycles. The molecule has 22 N–H and O–H groups in total. The first-order chi connectivity index (χ1) is 40.4. The van der Waals surface area contributed by atoms with Gasteiger partial charge in [-0.2, -0.15) is 11.8 Å². The summed E-state index contributed by atoms with van der Waals surface area (Å²) in [5.74, 6) is -13.5. The lowest BCUT2D eigenvalue weighted by Gasteiger charge is -2.30. The number of carbonyl (C=O) groups is 12. The highest BCUT2D eigenvalue weighted by atomic mass is 32.2. The van der Waals surface area contributed by atoms with Crippen molar-refractivity contribution in [3.63, 3.8) is 0 Å². The van der Waals surface area contributed by atoms with Crippen molar-refractivity contribution in [3.8, 4) is 5.75 Å². The molecule has 0 aliphatic heterocycles. The Morgan fingerprint density at radius 1 is 0.581 bits per heavy atom. The number of benzene rings is 1. The molecule has 478 valence electrons. The number of phenols is 1. The molecule has 0 bridgehead atoms. The number of nitrogens with zero attached hydrogens (tertiary/aromatic N) is 2. The zero-order chi connectivity index (χ0) is 65.0. The first kappa shape index (κ1) is 73.6. The smallest absolute Gasteiger partial charge is 0.326 e. The number of aromatic hydroxyl groups is 1. The van der Waals surface area contributed by atoms with E-state index in [0.717, 1.165) is 0 Å². The Morgan fingerprint density at radius 3 is 1.57 bits per heavy atom. The molecule has 1 aromatic carbocycles. The number of carboxylic acids is 1. The van der Waals surface area contributed by atoms with Crippen molar-refractivity contribution in [3.05, 3.63) is 48.0 Å². The number of H-pyrrole nitrogens is 1. The molecule has 0 fully saturated rings. The Bertz CT molecular complexity index is 2660. The van der Waals surface area contributed by atoms with Crippen molar-refractivity contribution in [1.82, 2.24) is 57.8 Å². The zero-order valence-electron chi connectivity index (χ0n) is 49.7. The topological polar surface area (TPSA) is 525 Å². The maximum atomic E-state index is 14.2. The third-order valence-corrected chi connectivity index (χ3v) is 14.5. The molecule has 86 heavy (non-hydrogen) atoms. The van der Waals surface area contributed by atoms with Crippen LogP contribution in [0.4, 0.5) is 0 Å². The number of nitrogens with one attached hydrogen (secondary N) is 10. The Balaban J connectivity index is 2.39. The number of imidazole rings is 1. The van der Waals surface area contributed by atoms with Gasteiger partial charge in [0.05, 0.1) is 25.2 Å². The highest BCUT2D eigenvalue weighted by Crippen LogP contribution is 2.16. The zero-order valence-corrected chi connectivity index (χ0v) is 50.5. The maximum absolute atomic E-state index is 14.2. The van der Waals surface area contributed by atoms with Gasteiger partial charge in [0, 0.05) is 31.3 Å². The second-order valence-electron chi connectivity index (χ2n) is 21.2. The van der Waals surface area contributed by atoms with Crippen molar-refractivity contribution in [1.29, 1.82) is 0 Å². The fourth-order valence-corrected chi connectivity index (χ4v) is 8.79. The molecule has 0 aliphatic rings. The van der Waals surface area contributed by atoms with E-state index in [0.29, 0.717) is 29.9 Å². The van der Waals surface area contributed by atoms with Gasteiger partial charge in [0.15, 0.2) is 5.96 Å². The molecule has 0 saturated carbocycles. The van der Waals surface area contributed by atoms with Crippen LogP contribution in [0, 0.1) is 17.8 Å². The second kappa shape index (κ2) is 37.0. The van der Waals surface area contributed by atoms with Crippen LogP contribution in [0.25, 0.3) is 0 Å². The van der Waals surface area contributed by atoms with Gasteiger partial charge in [0.1, 0.15) is 60.1 Å². The molecule has 0 unspecified atom stereocenters. The number of rotatable bonds is 39. The van der Waals surface area contributed by atoms with Gasteiger partial charge >= 0.3 is 5.97 Å². The van der Waals surface area contributed by atoms with E-state index in [2.05, 4.69) is 62.8 Å². The summed E-state index contributed by atoms with van der Waals surface area (Å²) < 4.78 is 0. The number of primary amides is 2. The fraction of sp³-hybridized carbons (Fsp3) is 0.593. The number of aliphatic imine (C=N–C) groups is 1. The largest absolute Gasteiger partial charge is 0.508 e. The molecular formula is C54H87N17O14S. The Labute approximate surface area is 503 Å². The van der Waals surface area contributed by atoms with E-state index in [9.17, 15) is 67.7 Å². The minimum absolute atomic E-state index is 0.0350. The molecule has 32 heteroatoms.